The van der Waals surface area contributed by atoms with Crippen LogP contribution in [-0.4, -0.2) is 70.4 Å². The Morgan fingerprint density at radius 3 is 2.50 bits per heavy atom. The van der Waals surface area contributed by atoms with Gasteiger partial charge in [0, 0.05) is 37.9 Å². The Hall–Kier alpha value is -1.37. The van der Waals surface area contributed by atoms with E-state index in [9.17, 15) is 0 Å². The fourth-order valence-electron chi connectivity index (χ4n) is 5.16. The number of halogens is 2. The van der Waals surface area contributed by atoms with E-state index < -0.39 is 0 Å². The van der Waals surface area contributed by atoms with Gasteiger partial charge in [-0.25, -0.2) is 0 Å². The number of aryl methyl sites for hydroxylation is 1. The van der Waals surface area contributed by atoms with Gasteiger partial charge in [-0.3, -0.25) is 0 Å². The highest BCUT2D eigenvalue weighted by atomic mass is 127. The number of anilines is 1. The Kier molecular flexibility index (Phi) is 9.73. The zero-order chi connectivity index (χ0) is 23.9. The van der Waals surface area contributed by atoms with Gasteiger partial charge in [0.25, 0.3) is 5.52 Å². The summed E-state index contributed by atoms with van der Waals surface area (Å²) in [5, 5.41) is 5.92. The number of rotatable bonds is 7. The monoisotopic (exact) mass is 716 g/mol. The molecule has 0 unspecified atom stereocenters. The van der Waals surface area contributed by atoms with E-state index in [2.05, 4.69) is 86.4 Å². The molecule has 1 saturated heterocycles. The average Bonchev–Trinajstić information content (AvgIpc) is 3.19. The molecule has 5 rings (SSSR count). The highest BCUT2D eigenvalue weighted by Crippen LogP contribution is 2.37. The number of ether oxygens (including phenoxy) is 1. The lowest BCUT2D eigenvalue weighted by molar-refractivity contribution is -0.896. The van der Waals surface area contributed by atoms with E-state index in [-0.39, 0.29) is 48.0 Å². The van der Waals surface area contributed by atoms with Crippen molar-refractivity contribution in [2.75, 3.05) is 66.3 Å². The van der Waals surface area contributed by atoms with E-state index >= 15 is 0 Å². The number of aromatic nitrogens is 1. The van der Waals surface area contributed by atoms with Crippen molar-refractivity contribution < 1.29 is 66.2 Å². The quantitative estimate of drug-likeness (QED) is 0.143. The van der Waals surface area contributed by atoms with Crippen molar-refractivity contribution >= 4 is 38.7 Å². The topological polar surface area (TPSA) is 41.5 Å². The molecule has 0 saturated carbocycles. The van der Waals surface area contributed by atoms with E-state index in [1.165, 1.54) is 36.8 Å². The smallest absolute Gasteiger partial charge is 0.261 e. The molecule has 36 heavy (non-hydrogen) atoms. The van der Waals surface area contributed by atoms with Crippen molar-refractivity contribution in [1.82, 2.24) is 4.90 Å². The standard InChI is InChI=1S/C28H37N4O2.2HI/c1-30(2)15-14-29-26-22-8-6-7-9-24(22)31(3)27-23-18-21(10-11-25(23)34-28(26)27)33-19-20-12-16-32(4,5)17-13-20;;/h6-11,18,20H,12-17,19H2,1-5H3;2*1H/q+1;;/p-1. The van der Waals surface area contributed by atoms with Crippen molar-refractivity contribution in [3.05, 3.63) is 42.5 Å². The summed E-state index contributed by atoms with van der Waals surface area (Å²) in [6, 6.07) is 14.8. The van der Waals surface area contributed by atoms with Crippen molar-refractivity contribution in [2.24, 2.45) is 13.0 Å². The first-order chi connectivity index (χ1) is 16.3. The number of likely N-dealkylation sites (N-methyl/N-ethyl adjacent to an activating group) is 1. The van der Waals surface area contributed by atoms with Crippen LogP contribution in [0.2, 0.25) is 0 Å². The molecule has 0 radical (unpaired) electrons. The predicted molar refractivity (Wildman–Crippen MR) is 140 cm³/mol. The summed E-state index contributed by atoms with van der Waals surface area (Å²) in [6.45, 7) is 5.04. The second-order valence-corrected chi connectivity index (χ2v) is 10.8. The van der Waals surface area contributed by atoms with E-state index in [1.54, 1.807) is 0 Å². The number of nitrogens with one attached hydrogen (secondary N) is 1. The maximum absolute atomic E-state index is 6.45. The van der Waals surface area contributed by atoms with Gasteiger partial charge in [0.15, 0.2) is 0 Å². The van der Waals surface area contributed by atoms with Gasteiger partial charge in [0.1, 0.15) is 18.4 Å². The molecule has 8 heteroatoms. The van der Waals surface area contributed by atoms with E-state index in [0.29, 0.717) is 5.92 Å². The van der Waals surface area contributed by atoms with Gasteiger partial charge >= 0.3 is 0 Å². The van der Waals surface area contributed by atoms with Crippen LogP contribution >= 0.6 is 0 Å². The number of furan rings is 1. The lowest BCUT2D eigenvalue weighted by Gasteiger charge is -2.37. The molecular weight excluding hydrogens is 678 g/mol. The van der Waals surface area contributed by atoms with Crippen LogP contribution in [0.5, 0.6) is 5.75 Å². The first-order valence-electron chi connectivity index (χ1n) is 12.4. The number of pyridine rings is 1. The number of para-hydroxylation sites is 1. The highest BCUT2D eigenvalue weighted by Gasteiger charge is 2.27. The number of nitrogens with zero attached hydrogens (tertiary/aromatic N) is 3. The number of hydrogen-bond donors (Lipinski definition) is 1. The van der Waals surface area contributed by atoms with Crippen molar-refractivity contribution in [1.29, 1.82) is 0 Å². The number of likely N-dealkylation sites (tertiary alicyclic amines) is 1. The van der Waals surface area contributed by atoms with Crippen LogP contribution in [0.1, 0.15) is 12.8 Å². The molecule has 2 aromatic heterocycles. The Morgan fingerprint density at radius 1 is 1.06 bits per heavy atom. The maximum atomic E-state index is 6.45. The molecule has 3 heterocycles. The van der Waals surface area contributed by atoms with Crippen LogP contribution in [0.25, 0.3) is 33.0 Å². The van der Waals surface area contributed by atoms with Crippen LogP contribution in [0.4, 0.5) is 5.69 Å². The van der Waals surface area contributed by atoms with Gasteiger partial charge in [-0.2, -0.15) is 4.57 Å². The summed E-state index contributed by atoms with van der Waals surface area (Å²) in [7, 11) is 11.0. The minimum Gasteiger partial charge on any atom is -1.00 e. The van der Waals surface area contributed by atoms with Crippen molar-refractivity contribution in [2.45, 2.75) is 12.8 Å². The van der Waals surface area contributed by atoms with Gasteiger partial charge in [-0.15, -0.1) is 0 Å². The molecule has 2 aromatic carbocycles. The lowest BCUT2D eigenvalue weighted by Crippen LogP contribution is -3.00. The molecule has 1 aliphatic heterocycles. The first kappa shape index (κ1) is 29.2. The lowest BCUT2D eigenvalue weighted by atomic mass is 9.97. The molecule has 0 aliphatic carbocycles. The summed E-state index contributed by atoms with van der Waals surface area (Å²) >= 11 is 0. The summed E-state index contributed by atoms with van der Waals surface area (Å²) < 4.78 is 16.1. The minimum atomic E-state index is 0. The Morgan fingerprint density at radius 2 is 1.78 bits per heavy atom. The number of quaternary nitrogens is 1. The van der Waals surface area contributed by atoms with E-state index in [4.69, 9.17) is 9.15 Å². The molecule has 4 aromatic rings. The third-order valence-corrected chi connectivity index (χ3v) is 7.36. The summed E-state index contributed by atoms with van der Waals surface area (Å²) in [6.07, 6.45) is 2.46. The van der Waals surface area contributed by atoms with Crippen LogP contribution in [0.15, 0.2) is 46.9 Å². The second kappa shape index (κ2) is 12.0. The molecule has 0 spiro atoms. The van der Waals surface area contributed by atoms with Crippen LogP contribution in [0, 0.1) is 5.92 Å². The molecule has 6 nitrogen and oxygen atoms in total. The van der Waals surface area contributed by atoms with E-state index in [0.717, 1.165) is 57.7 Å². The summed E-state index contributed by atoms with van der Waals surface area (Å²) in [5.74, 6) is 1.56. The van der Waals surface area contributed by atoms with Gasteiger partial charge in [-0.05, 0) is 38.4 Å². The van der Waals surface area contributed by atoms with Crippen LogP contribution < -0.4 is 62.6 Å². The minimum absolute atomic E-state index is 0. The van der Waals surface area contributed by atoms with Gasteiger partial charge < -0.3 is 71.8 Å². The van der Waals surface area contributed by atoms with E-state index in [1.807, 2.05) is 6.07 Å². The zero-order valence-corrected chi connectivity index (χ0v) is 26.3. The highest BCUT2D eigenvalue weighted by molar-refractivity contribution is 6.11. The Bertz CT molecular complexity index is 1330. The van der Waals surface area contributed by atoms with Crippen molar-refractivity contribution in [3.8, 4) is 5.75 Å². The van der Waals surface area contributed by atoms with Crippen LogP contribution in [-0.2, 0) is 7.05 Å². The fourth-order valence-corrected chi connectivity index (χ4v) is 5.16. The molecule has 0 amide bonds. The summed E-state index contributed by atoms with van der Waals surface area (Å²) in [5.41, 5.74) is 5.13. The summed E-state index contributed by atoms with van der Waals surface area (Å²) in [4.78, 5) is 2.18. The normalized spacial score (nSPS) is 15.7. The zero-order valence-electron chi connectivity index (χ0n) is 22.0. The average molecular weight is 716 g/mol. The van der Waals surface area contributed by atoms with Gasteiger partial charge in [-0.1, -0.05) is 12.1 Å². The largest absolute Gasteiger partial charge is 1.00 e. The van der Waals surface area contributed by atoms with Crippen molar-refractivity contribution in [3.63, 3.8) is 0 Å². The molecule has 1 N–H and O–H groups in total. The molecular formula is C28H38I2N4O2. The second-order valence-electron chi connectivity index (χ2n) is 10.8. The SMILES string of the molecule is CN(C)CCNc1c2ccccc2[n+](C)c2c1oc1ccc(OCC3CC[N+](C)(C)CC3)cc12.[I-].[I-]. The predicted octanol–water partition coefficient (Wildman–Crippen LogP) is -1.59. The molecule has 196 valence electrons. The van der Waals surface area contributed by atoms with Gasteiger partial charge in [0.2, 0.25) is 11.1 Å². The number of hydrogen-bond acceptors (Lipinski definition) is 4. The first-order valence-corrected chi connectivity index (χ1v) is 12.4. The Balaban J connectivity index is 0.00000180. The number of fused-ring (bicyclic) bond motifs is 4. The fraction of sp³-hybridized carbons (Fsp3) is 0.464. The molecule has 0 atom stereocenters. The Labute approximate surface area is 248 Å². The molecule has 1 aliphatic rings. The molecule has 1 fully saturated rings. The van der Waals surface area contributed by atoms with Crippen LogP contribution in [0.3, 0.4) is 0 Å². The van der Waals surface area contributed by atoms with Gasteiger partial charge in [0.05, 0.1) is 50.3 Å². The third kappa shape index (κ3) is 6.02. The molecule has 0 bridgehead atoms. The number of piperidine rings is 1. The third-order valence-electron chi connectivity index (χ3n) is 7.36. The number of benzene rings is 2. The maximum Gasteiger partial charge on any atom is 0.261 e.